The third-order valence-corrected chi connectivity index (χ3v) is 4.55. The molecule has 11 heteroatoms. The molecule has 0 radical (unpaired) electrons. The van der Waals surface area contributed by atoms with Gasteiger partial charge in [0.2, 0.25) is 11.9 Å². The molecule has 0 bridgehead atoms. The van der Waals surface area contributed by atoms with Gasteiger partial charge in [0, 0.05) is 32.9 Å². The molecule has 3 rings (SSSR count). The molecule has 1 aromatic carbocycles. The first-order valence-electron chi connectivity index (χ1n) is 9.62. The van der Waals surface area contributed by atoms with Crippen molar-refractivity contribution in [2.45, 2.75) is 32.0 Å². The number of benzene rings is 1. The summed E-state index contributed by atoms with van der Waals surface area (Å²) in [5, 5.41) is 4.98. The van der Waals surface area contributed by atoms with Gasteiger partial charge in [-0.2, -0.15) is 28.1 Å². The molecule has 8 nitrogen and oxygen atoms in total. The number of carbonyl (C=O) groups is 1. The molecule has 1 fully saturated rings. The molecular weight excluding hydrogens is 399 g/mol. The first-order chi connectivity index (χ1) is 14.2. The summed E-state index contributed by atoms with van der Waals surface area (Å²) in [5.41, 5.74) is -0.791. The van der Waals surface area contributed by atoms with E-state index in [1.165, 1.54) is 18.6 Å². The number of nitrogens with one attached hydrogen (secondary N) is 2. The van der Waals surface area contributed by atoms with Crippen molar-refractivity contribution >= 4 is 23.6 Å². The quantitative estimate of drug-likeness (QED) is 0.768. The maximum absolute atomic E-state index is 12.8. The fourth-order valence-corrected chi connectivity index (χ4v) is 3.02. The van der Waals surface area contributed by atoms with Gasteiger partial charge >= 0.3 is 12.2 Å². The molecule has 0 aliphatic carbocycles. The summed E-state index contributed by atoms with van der Waals surface area (Å²) in [6.07, 6.45) is -1.18. The second-order valence-corrected chi connectivity index (χ2v) is 7.18. The summed E-state index contributed by atoms with van der Waals surface area (Å²) in [6.45, 7) is 1.73. The van der Waals surface area contributed by atoms with Crippen LogP contribution in [0.1, 0.15) is 30.7 Å². The SMILES string of the molecule is CN(C)c1nc(CNC(=O)Nc2cccc(C(F)(F)F)c2)nc(N2CCCCC2)n1. The van der Waals surface area contributed by atoms with Crippen LogP contribution < -0.4 is 20.4 Å². The van der Waals surface area contributed by atoms with E-state index < -0.39 is 17.8 Å². The highest BCUT2D eigenvalue weighted by Gasteiger charge is 2.30. The Hall–Kier alpha value is -3.11. The van der Waals surface area contributed by atoms with E-state index in [9.17, 15) is 18.0 Å². The van der Waals surface area contributed by atoms with Crippen molar-refractivity contribution in [1.82, 2.24) is 20.3 Å². The van der Waals surface area contributed by atoms with E-state index >= 15 is 0 Å². The van der Waals surface area contributed by atoms with Crippen LogP contribution in [0, 0.1) is 0 Å². The Labute approximate surface area is 172 Å². The summed E-state index contributed by atoms with van der Waals surface area (Å²) in [4.78, 5) is 29.3. The van der Waals surface area contributed by atoms with Crippen LogP contribution in [0.4, 0.5) is 35.5 Å². The second-order valence-electron chi connectivity index (χ2n) is 7.18. The normalized spacial score (nSPS) is 14.4. The van der Waals surface area contributed by atoms with Crippen LogP contribution in [0.3, 0.4) is 0 Å². The van der Waals surface area contributed by atoms with Crippen LogP contribution in [0.15, 0.2) is 24.3 Å². The molecule has 2 heterocycles. The maximum Gasteiger partial charge on any atom is 0.416 e. The lowest BCUT2D eigenvalue weighted by atomic mass is 10.1. The number of aromatic nitrogens is 3. The average Bonchev–Trinajstić information content (AvgIpc) is 2.72. The molecule has 162 valence electrons. The van der Waals surface area contributed by atoms with Crippen LogP contribution in [0.2, 0.25) is 0 Å². The summed E-state index contributed by atoms with van der Waals surface area (Å²) >= 11 is 0. The van der Waals surface area contributed by atoms with Crippen molar-refractivity contribution in [3.8, 4) is 0 Å². The van der Waals surface area contributed by atoms with Crippen LogP contribution in [0.25, 0.3) is 0 Å². The van der Waals surface area contributed by atoms with Crippen molar-refractivity contribution in [3.63, 3.8) is 0 Å². The first kappa shape index (κ1) is 21.6. The van der Waals surface area contributed by atoms with Crippen LogP contribution >= 0.6 is 0 Å². The Balaban J connectivity index is 1.67. The Morgan fingerprint density at radius 1 is 1.13 bits per heavy atom. The number of rotatable bonds is 5. The number of anilines is 3. The summed E-state index contributed by atoms with van der Waals surface area (Å²) in [6, 6.07) is 3.79. The van der Waals surface area contributed by atoms with Crippen molar-refractivity contribution in [3.05, 3.63) is 35.7 Å². The van der Waals surface area contributed by atoms with Gasteiger partial charge in [0.25, 0.3) is 0 Å². The zero-order chi connectivity index (χ0) is 21.7. The highest BCUT2D eigenvalue weighted by molar-refractivity contribution is 5.89. The number of alkyl halides is 3. The molecule has 1 saturated heterocycles. The van der Waals surface area contributed by atoms with Gasteiger partial charge in [0.05, 0.1) is 12.1 Å². The minimum absolute atomic E-state index is 0.00892. The third kappa shape index (κ3) is 5.71. The van der Waals surface area contributed by atoms with Gasteiger partial charge < -0.3 is 20.4 Å². The zero-order valence-electron chi connectivity index (χ0n) is 16.8. The van der Waals surface area contributed by atoms with E-state index in [1.807, 2.05) is 14.1 Å². The molecule has 2 N–H and O–H groups in total. The van der Waals surface area contributed by atoms with Crippen LogP contribution in [0.5, 0.6) is 0 Å². The van der Waals surface area contributed by atoms with E-state index in [-0.39, 0.29) is 12.2 Å². The Morgan fingerprint density at radius 2 is 1.87 bits per heavy atom. The predicted octanol–water partition coefficient (Wildman–Crippen LogP) is 3.27. The number of amides is 2. The van der Waals surface area contributed by atoms with Gasteiger partial charge in [-0.1, -0.05) is 6.07 Å². The lowest BCUT2D eigenvalue weighted by molar-refractivity contribution is -0.137. The topological polar surface area (TPSA) is 86.3 Å². The molecule has 0 saturated carbocycles. The minimum Gasteiger partial charge on any atom is -0.347 e. The number of hydrogen-bond donors (Lipinski definition) is 2. The highest BCUT2D eigenvalue weighted by Crippen LogP contribution is 2.30. The predicted molar refractivity (Wildman–Crippen MR) is 108 cm³/mol. The number of carbonyl (C=O) groups excluding carboxylic acids is 1. The minimum atomic E-state index is -4.48. The number of nitrogens with zero attached hydrogens (tertiary/aromatic N) is 5. The largest absolute Gasteiger partial charge is 0.416 e. The molecule has 2 aromatic rings. The molecule has 2 amide bonds. The number of urea groups is 1. The second kappa shape index (κ2) is 9.14. The van der Waals surface area contributed by atoms with Gasteiger partial charge in [-0.05, 0) is 37.5 Å². The van der Waals surface area contributed by atoms with E-state index in [4.69, 9.17) is 0 Å². The van der Waals surface area contributed by atoms with E-state index in [0.29, 0.717) is 17.7 Å². The first-order valence-corrected chi connectivity index (χ1v) is 9.62. The van der Waals surface area contributed by atoms with Crippen molar-refractivity contribution in [2.24, 2.45) is 0 Å². The van der Waals surface area contributed by atoms with Gasteiger partial charge in [0.1, 0.15) is 0 Å². The summed E-state index contributed by atoms with van der Waals surface area (Å²) < 4.78 is 38.4. The monoisotopic (exact) mass is 423 g/mol. The number of piperidine rings is 1. The van der Waals surface area contributed by atoms with Crippen molar-refractivity contribution in [2.75, 3.05) is 42.3 Å². The molecule has 0 atom stereocenters. The van der Waals surface area contributed by atoms with Gasteiger partial charge in [0.15, 0.2) is 5.82 Å². The molecule has 0 unspecified atom stereocenters. The standard InChI is InChI=1S/C19H24F3N7O/c1-28(2)16-25-15(26-17(27-16)29-9-4-3-5-10-29)12-23-18(30)24-14-8-6-7-13(11-14)19(20,21)22/h6-8,11H,3-5,9-10,12H2,1-2H3,(H2,23,24,30). The smallest absolute Gasteiger partial charge is 0.347 e. The highest BCUT2D eigenvalue weighted by atomic mass is 19.4. The molecule has 1 aliphatic heterocycles. The van der Waals surface area contributed by atoms with Gasteiger partial charge in [-0.3, -0.25) is 0 Å². The van der Waals surface area contributed by atoms with Gasteiger partial charge in [-0.15, -0.1) is 0 Å². The fourth-order valence-electron chi connectivity index (χ4n) is 3.02. The Bertz CT molecular complexity index is 883. The number of halogens is 3. The van der Waals surface area contributed by atoms with E-state index in [0.717, 1.165) is 38.1 Å². The van der Waals surface area contributed by atoms with E-state index in [1.54, 1.807) is 4.90 Å². The van der Waals surface area contributed by atoms with Crippen molar-refractivity contribution in [1.29, 1.82) is 0 Å². The fraction of sp³-hybridized carbons (Fsp3) is 0.474. The van der Waals surface area contributed by atoms with E-state index in [2.05, 4.69) is 30.5 Å². The Morgan fingerprint density at radius 3 is 2.53 bits per heavy atom. The molecule has 1 aromatic heterocycles. The van der Waals surface area contributed by atoms with Gasteiger partial charge in [-0.25, -0.2) is 4.79 Å². The lowest BCUT2D eigenvalue weighted by Gasteiger charge is -2.27. The van der Waals surface area contributed by atoms with Crippen molar-refractivity contribution < 1.29 is 18.0 Å². The average molecular weight is 423 g/mol. The van der Waals surface area contributed by atoms with Crippen LogP contribution in [-0.2, 0) is 12.7 Å². The molecular formula is C19H24F3N7O. The molecule has 30 heavy (non-hydrogen) atoms. The zero-order valence-corrected chi connectivity index (χ0v) is 16.8. The maximum atomic E-state index is 12.8. The summed E-state index contributed by atoms with van der Waals surface area (Å²) in [7, 11) is 3.62. The third-order valence-electron chi connectivity index (χ3n) is 4.55. The van der Waals surface area contributed by atoms with Crippen LogP contribution in [-0.4, -0.2) is 48.2 Å². The molecule has 0 spiro atoms. The lowest BCUT2D eigenvalue weighted by Crippen LogP contribution is -2.33. The Kier molecular flexibility index (Phi) is 6.58. The molecule has 1 aliphatic rings. The summed E-state index contributed by atoms with van der Waals surface area (Å²) in [5.74, 6) is 1.40. The number of hydrogen-bond acceptors (Lipinski definition) is 6.